The van der Waals surface area contributed by atoms with Gasteiger partial charge in [-0.2, -0.15) is 5.26 Å². The molecule has 2 rings (SSSR count). The molecule has 0 atom stereocenters. The summed E-state index contributed by atoms with van der Waals surface area (Å²) in [5, 5.41) is 8.98. The first kappa shape index (κ1) is 14.8. The smallest absolute Gasteiger partial charge is 0.242 e. The van der Waals surface area contributed by atoms with Crippen molar-refractivity contribution in [2.45, 2.75) is 11.4 Å². The molecule has 0 bridgehead atoms. The summed E-state index contributed by atoms with van der Waals surface area (Å²) in [6.45, 7) is 0.120. The summed E-state index contributed by atoms with van der Waals surface area (Å²) in [7, 11) is -3.77. The second-order valence-electron chi connectivity index (χ2n) is 3.90. The first-order chi connectivity index (χ1) is 9.42. The lowest BCUT2D eigenvalue weighted by molar-refractivity contribution is 0.581. The number of nitrogen functional groups attached to an aromatic ring is 1. The molecular formula is C12H10ClN3O2S2. The van der Waals surface area contributed by atoms with Gasteiger partial charge in [-0.15, -0.1) is 11.3 Å². The van der Waals surface area contributed by atoms with Gasteiger partial charge in [-0.3, -0.25) is 0 Å². The summed E-state index contributed by atoms with van der Waals surface area (Å²) in [5.41, 5.74) is 5.89. The van der Waals surface area contributed by atoms with Crippen molar-refractivity contribution in [2.24, 2.45) is 0 Å². The van der Waals surface area contributed by atoms with Gasteiger partial charge in [-0.05, 0) is 30.3 Å². The maximum Gasteiger partial charge on any atom is 0.242 e. The first-order valence-corrected chi connectivity index (χ1v) is 8.13. The molecule has 20 heavy (non-hydrogen) atoms. The zero-order chi connectivity index (χ0) is 14.8. The number of thiophene rings is 1. The van der Waals surface area contributed by atoms with Crippen LogP contribution in [0.4, 0.5) is 5.69 Å². The third-order valence-electron chi connectivity index (χ3n) is 2.48. The predicted molar refractivity (Wildman–Crippen MR) is 78.9 cm³/mol. The Morgan fingerprint density at radius 3 is 2.70 bits per heavy atom. The molecule has 0 unspecified atom stereocenters. The van der Waals surface area contributed by atoms with Crippen molar-refractivity contribution in [3.8, 4) is 6.07 Å². The minimum atomic E-state index is -3.77. The number of nitrogens with zero attached hydrogens (tertiary/aromatic N) is 1. The standard InChI is InChI=1S/C12H10ClN3O2S2/c13-12-4-2-10(19-12)7-16-20(17,18)11-3-1-9(15)5-8(11)6-14/h1-5,16H,7,15H2. The number of rotatable bonds is 4. The van der Waals surface area contributed by atoms with E-state index in [0.717, 1.165) is 4.88 Å². The van der Waals surface area contributed by atoms with Crippen LogP contribution in [0.1, 0.15) is 10.4 Å². The van der Waals surface area contributed by atoms with Gasteiger partial charge >= 0.3 is 0 Å². The molecule has 1 aromatic heterocycles. The summed E-state index contributed by atoms with van der Waals surface area (Å²) in [4.78, 5) is 0.699. The Kier molecular flexibility index (Phi) is 4.30. The van der Waals surface area contributed by atoms with Crippen molar-refractivity contribution < 1.29 is 8.42 Å². The van der Waals surface area contributed by atoms with E-state index in [0.29, 0.717) is 10.0 Å². The van der Waals surface area contributed by atoms with E-state index in [4.69, 9.17) is 22.6 Å². The van der Waals surface area contributed by atoms with Gasteiger partial charge in [0.05, 0.1) is 14.8 Å². The third kappa shape index (κ3) is 3.29. The molecule has 0 radical (unpaired) electrons. The Bertz CT molecular complexity index is 778. The Labute approximate surface area is 125 Å². The molecule has 104 valence electrons. The lowest BCUT2D eigenvalue weighted by Gasteiger charge is -2.07. The predicted octanol–water partition coefficient (Wildman–Crippen LogP) is 2.33. The molecule has 0 aliphatic heterocycles. The van der Waals surface area contributed by atoms with Crippen molar-refractivity contribution in [3.05, 3.63) is 45.1 Å². The van der Waals surface area contributed by atoms with Gasteiger partial charge in [0.25, 0.3) is 0 Å². The topological polar surface area (TPSA) is 96.0 Å². The summed E-state index contributed by atoms with van der Waals surface area (Å²) >= 11 is 7.07. The van der Waals surface area contributed by atoms with Gasteiger partial charge in [-0.25, -0.2) is 13.1 Å². The van der Waals surface area contributed by atoms with Crippen LogP contribution < -0.4 is 10.5 Å². The lowest BCUT2D eigenvalue weighted by atomic mass is 10.2. The van der Waals surface area contributed by atoms with Crippen molar-refractivity contribution in [1.29, 1.82) is 5.26 Å². The van der Waals surface area contributed by atoms with Crippen LogP contribution in [-0.2, 0) is 16.6 Å². The average molecular weight is 328 g/mol. The highest BCUT2D eigenvalue weighted by Crippen LogP contribution is 2.22. The number of nitriles is 1. The van der Waals surface area contributed by atoms with E-state index in [1.165, 1.54) is 29.5 Å². The first-order valence-electron chi connectivity index (χ1n) is 5.46. The third-order valence-corrected chi connectivity index (χ3v) is 5.17. The van der Waals surface area contributed by atoms with Crippen LogP contribution in [0.25, 0.3) is 0 Å². The normalized spacial score (nSPS) is 11.2. The van der Waals surface area contributed by atoms with Crippen molar-refractivity contribution in [1.82, 2.24) is 4.72 Å². The molecule has 3 N–H and O–H groups in total. The zero-order valence-electron chi connectivity index (χ0n) is 10.1. The number of hydrogen-bond donors (Lipinski definition) is 2. The summed E-state index contributed by atoms with van der Waals surface area (Å²) < 4.78 is 27.4. The van der Waals surface area contributed by atoms with Gasteiger partial charge in [0.2, 0.25) is 10.0 Å². The molecule has 1 aromatic carbocycles. The summed E-state index contributed by atoms with van der Waals surface area (Å²) in [6.07, 6.45) is 0. The van der Waals surface area contributed by atoms with E-state index in [1.54, 1.807) is 12.1 Å². The van der Waals surface area contributed by atoms with Gasteiger partial charge in [0.15, 0.2) is 0 Å². The maximum absolute atomic E-state index is 12.2. The zero-order valence-corrected chi connectivity index (χ0v) is 12.5. The Morgan fingerprint density at radius 2 is 2.10 bits per heavy atom. The molecular weight excluding hydrogens is 318 g/mol. The SMILES string of the molecule is N#Cc1cc(N)ccc1S(=O)(=O)NCc1ccc(Cl)s1. The van der Waals surface area contributed by atoms with Crippen molar-refractivity contribution in [2.75, 3.05) is 5.73 Å². The number of halogens is 1. The van der Waals surface area contributed by atoms with E-state index >= 15 is 0 Å². The number of nitrogens with one attached hydrogen (secondary N) is 1. The quantitative estimate of drug-likeness (QED) is 0.842. The largest absolute Gasteiger partial charge is 0.399 e. The highest BCUT2D eigenvalue weighted by Gasteiger charge is 2.18. The van der Waals surface area contributed by atoms with Crippen LogP contribution in [0.15, 0.2) is 35.2 Å². The highest BCUT2D eigenvalue weighted by atomic mass is 35.5. The Balaban J connectivity index is 2.25. The van der Waals surface area contributed by atoms with Crippen molar-refractivity contribution >= 4 is 38.6 Å². The molecule has 5 nitrogen and oxygen atoms in total. The molecule has 2 aromatic rings. The molecule has 0 aliphatic rings. The van der Waals surface area contributed by atoms with Crippen LogP contribution in [-0.4, -0.2) is 8.42 Å². The molecule has 0 spiro atoms. The minimum Gasteiger partial charge on any atom is -0.399 e. The molecule has 0 aliphatic carbocycles. The van der Waals surface area contributed by atoms with Crippen molar-refractivity contribution in [3.63, 3.8) is 0 Å². The fourth-order valence-corrected chi connectivity index (χ4v) is 3.82. The Hall–Kier alpha value is -1.59. The summed E-state index contributed by atoms with van der Waals surface area (Å²) in [6, 6.07) is 9.35. The number of hydrogen-bond acceptors (Lipinski definition) is 5. The van der Waals surface area contributed by atoms with Crippen LogP contribution in [0.3, 0.4) is 0 Å². The van der Waals surface area contributed by atoms with E-state index in [1.807, 2.05) is 6.07 Å². The van der Waals surface area contributed by atoms with Gasteiger partial charge in [0.1, 0.15) is 6.07 Å². The van der Waals surface area contributed by atoms with Gasteiger partial charge in [-0.1, -0.05) is 11.6 Å². The Morgan fingerprint density at radius 1 is 1.35 bits per heavy atom. The monoisotopic (exact) mass is 327 g/mol. The molecule has 0 saturated heterocycles. The van der Waals surface area contributed by atoms with Crippen LogP contribution in [0, 0.1) is 11.3 Å². The average Bonchev–Trinajstić information content (AvgIpc) is 2.82. The minimum absolute atomic E-state index is 0.0155. The van der Waals surface area contributed by atoms with Crippen LogP contribution >= 0.6 is 22.9 Å². The van der Waals surface area contributed by atoms with Gasteiger partial charge < -0.3 is 5.73 Å². The van der Waals surface area contributed by atoms with E-state index < -0.39 is 10.0 Å². The maximum atomic E-state index is 12.2. The highest BCUT2D eigenvalue weighted by molar-refractivity contribution is 7.89. The van der Waals surface area contributed by atoms with E-state index in [9.17, 15) is 8.42 Å². The second kappa shape index (κ2) is 5.81. The molecule has 0 amide bonds. The molecule has 0 fully saturated rings. The number of sulfonamides is 1. The lowest BCUT2D eigenvalue weighted by Crippen LogP contribution is -2.23. The number of anilines is 1. The molecule has 8 heteroatoms. The molecule has 1 heterocycles. The van der Waals surface area contributed by atoms with Crippen LogP contribution in [0.5, 0.6) is 0 Å². The van der Waals surface area contributed by atoms with E-state index in [-0.39, 0.29) is 17.0 Å². The number of benzene rings is 1. The molecule has 0 saturated carbocycles. The number of nitrogens with two attached hydrogens (primary N) is 1. The van der Waals surface area contributed by atoms with Gasteiger partial charge in [0, 0.05) is 17.1 Å². The fourth-order valence-electron chi connectivity index (χ4n) is 1.56. The van der Waals surface area contributed by atoms with Crippen LogP contribution in [0.2, 0.25) is 4.34 Å². The van der Waals surface area contributed by atoms with E-state index in [2.05, 4.69) is 4.72 Å². The fraction of sp³-hybridized carbons (Fsp3) is 0.0833. The summed E-state index contributed by atoms with van der Waals surface area (Å²) in [5.74, 6) is 0. The second-order valence-corrected chi connectivity index (χ2v) is 7.43.